The fourth-order valence-corrected chi connectivity index (χ4v) is 2.63. The maximum Gasteiger partial charge on any atom is 0.325 e. The van der Waals surface area contributed by atoms with Crippen LogP contribution in [0.4, 0.5) is 0 Å². The van der Waals surface area contributed by atoms with Gasteiger partial charge in [-0.2, -0.15) is 0 Å². The van der Waals surface area contributed by atoms with Crippen molar-refractivity contribution in [1.82, 2.24) is 10.2 Å². The molecule has 0 unspecified atom stereocenters. The second-order valence-corrected chi connectivity index (χ2v) is 6.36. The molecule has 0 radical (unpaired) electrons. The van der Waals surface area contributed by atoms with Crippen molar-refractivity contribution in [2.45, 2.75) is 13.0 Å². The van der Waals surface area contributed by atoms with Gasteiger partial charge in [0.15, 0.2) is 0 Å². The smallest absolute Gasteiger partial charge is 0.325 e. The number of rotatable bonds is 5. The van der Waals surface area contributed by atoms with Gasteiger partial charge < -0.3 is 15.3 Å². The molecule has 1 heterocycles. The Hall–Kier alpha value is -1.41. The first kappa shape index (κ1) is 15.6. The van der Waals surface area contributed by atoms with E-state index in [1.165, 1.54) is 30.2 Å². The highest BCUT2D eigenvalue weighted by molar-refractivity contribution is 9.11. The van der Waals surface area contributed by atoms with Crippen LogP contribution in [0.15, 0.2) is 15.9 Å². The minimum absolute atomic E-state index is 0.189. The molecule has 2 amide bonds. The Labute approximate surface area is 122 Å². The number of nitrogens with zero attached hydrogens (tertiary/aromatic N) is 1. The van der Waals surface area contributed by atoms with Gasteiger partial charge in [-0.25, -0.2) is 0 Å². The molecule has 2 N–H and O–H groups in total. The van der Waals surface area contributed by atoms with E-state index in [2.05, 4.69) is 21.2 Å². The van der Waals surface area contributed by atoms with Gasteiger partial charge in [-0.05, 0) is 35.0 Å². The van der Waals surface area contributed by atoms with Crippen molar-refractivity contribution < 1.29 is 19.5 Å². The monoisotopic (exact) mass is 348 g/mol. The summed E-state index contributed by atoms with van der Waals surface area (Å²) in [6.45, 7) is 1.17. The zero-order valence-corrected chi connectivity index (χ0v) is 12.7. The lowest BCUT2D eigenvalue weighted by Gasteiger charge is -2.17. The van der Waals surface area contributed by atoms with Gasteiger partial charge in [0.2, 0.25) is 5.91 Å². The summed E-state index contributed by atoms with van der Waals surface area (Å²) in [6, 6.07) is 2.43. The summed E-state index contributed by atoms with van der Waals surface area (Å²) in [5.41, 5.74) is 0. The highest BCUT2D eigenvalue weighted by Gasteiger charge is 2.19. The SMILES string of the molecule is C[C@@H](NC(=O)CN(C)C(=O)c1ccc(Br)s1)C(=O)O. The van der Waals surface area contributed by atoms with Crippen LogP contribution in [0.2, 0.25) is 0 Å². The number of carboxylic acid groups (broad SMARTS) is 1. The molecule has 0 aliphatic rings. The first-order chi connectivity index (χ1) is 8.81. The van der Waals surface area contributed by atoms with Gasteiger partial charge in [0.1, 0.15) is 6.04 Å². The molecule has 104 valence electrons. The molecule has 0 saturated carbocycles. The number of amides is 2. The van der Waals surface area contributed by atoms with Crippen LogP contribution in [0, 0.1) is 0 Å². The number of hydrogen-bond acceptors (Lipinski definition) is 4. The normalized spacial score (nSPS) is 11.7. The second kappa shape index (κ2) is 6.67. The molecular formula is C11H13BrN2O4S. The van der Waals surface area contributed by atoms with Crippen molar-refractivity contribution in [3.63, 3.8) is 0 Å². The van der Waals surface area contributed by atoms with Gasteiger partial charge in [0, 0.05) is 7.05 Å². The minimum atomic E-state index is -1.12. The fourth-order valence-electron chi connectivity index (χ4n) is 1.25. The molecule has 0 bridgehead atoms. The summed E-state index contributed by atoms with van der Waals surface area (Å²) < 4.78 is 0.827. The molecule has 0 aliphatic heterocycles. The van der Waals surface area contributed by atoms with Gasteiger partial charge in [0.25, 0.3) is 5.91 Å². The van der Waals surface area contributed by atoms with Crippen LogP contribution in [0.3, 0.4) is 0 Å². The van der Waals surface area contributed by atoms with Gasteiger partial charge >= 0.3 is 5.97 Å². The van der Waals surface area contributed by atoms with Crippen molar-refractivity contribution in [3.05, 3.63) is 20.8 Å². The fraction of sp³-hybridized carbons (Fsp3) is 0.364. The van der Waals surface area contributed by atoms with E-state index in [0.717, 1.165) is 3.79 Å². The largest absolute Gasteiger partial charge is 0.480 e. The van der Waals surface area contributed by atoms with Crippen LogP contribution >= 0.6 is 27.3 Å². The Morgan fingerprint density at radius 2 is 2.11 bits per heavy atom. The van der Waals surface area contributed by atoms with E-state index in [1.54, 1.807) is 12.1 Å². The van der Waals surface area contributed by atoms with Gasteiger partial charge in [-0.3, -0.25) is 14.4 Å². The summed E-state index contributed by atoms with van der Waals surface area (Å²) in [4.78, 5) is 35.8. The predicted molar refractivity (Wildman–Crippen MR) is 74.2 cm³/mol. The zero-order valence-electron chi connectivity index (χ0n) is 10.3. The molecule has 0 aromatic carbocycles. The third-order valence-corrected chi connectivity index (χ3v) is 3.87. The van der Waals surface area contributed by atoms with E-state index in [4.69, 9.17) is 5.11 Å². The number of nitrogens with one attached hydrogen (secondary N) is 1. The van der Waals surface area contributed by atoms with Crippen LogP contribution in [-0.2, 0) is 9.59 Å². The maximum absolute atomic E-state index is 11.9. The Morgan fingerprint density at radius 3 is 2.58 bits per heavy atom. The van der Waals surface area contributed by atoms with E-state index in [-0.39, 0.29) is 12.5 Å². The van der Waals surface area contributed by atoms with Crippen molar-refractivity contribution in [3.8, 4) is 0 Å². The molecule has 0 fully saturated rings. The molecule has 0 saturated heterocycles. The number of carbonyl (C=O) groups is 3. The lowest BCUT2D eigenvalue weighted by atomic mass is 10.3. The molecule has 0 spiro atoms. The molecule has 1 aromatic heterocycles. The predicted octanol–water partition coefficient (Wildman–Crippen LogP) is 1.17. The molecule has 6 nitrogen and oxygen atoms in total. The highest BCUT2D eigenvalue weighted by atomic mass is 79.9. The first-order valence-corrected chi connectivity index (χ1v) is 6.95. The molecule has 0 aliphatic carbocycles. The highest BCUT2D eigenvalue weighted by Crippen LogP contribution is 2.22. The lowest BCUT2D eigenvalue weighted by molar-refractivity contribution is -0.141. The van der Waals surface area contributed by atoms with Crippen LogP contribution in [-0.4, -0.2) is 47.4 Å². The minimum Gasteiger partial charge on any atom is -0.480 e. The third kappa shape index (κ3) is 4.64. The molecule has 19 heavy (non-hydrogen) atoms. The molecule has 8 heteroatoms. The van der Waals surface area contributed by atoms with Crippen molar-refractivity contribution >= 4 is 45.1 Å². The van der Waals surface area contributed by atoms with Gasteiger partial charge in [-0.15, -0.1) is 11.3 Å². The Bertz CT molecular complexity index is 503. The van der Waals surface area contributed by atoms with Gasteiger partial charge in [0.05, 0.1) is 15.2 Å². The van der Waals surface area contributed by atoms with Crippen LogP contribution in [0.5, 0.6) is 0 Å². The van der Waals surface area contributed by atoms with Crippen LogP contribution in [0.1, 0.15) is 16.6 Å². The Morgan fingerprint density at radius 1 is 1.47 bits per heavy atom. The van der Waals surface area contributed by atoms with E-state index in [9.17, 15) is 14.4 Å². The number of carbonyl (C=O) groups excluding carboxylic acids is 2. The Kier molecular flexibility index (Phi) is 5.49. The summed E-state index contributed by atoms with van der Waals surface area (Å²) >= 11 is 4.52. The molecule has 1 atom stereocenters. The summed E-state index contributed by atoms with van der Waals surface area (Å²) in [7, 11) is 1.49. The van der Waals surface area contributed by atoms with Crippen molar-refractivity contribution in [2.75, 3.05) is 13.6 Å². The molecular weight excluding hydrogens is 336 g/mol. The van der Waals surface area contributed by atoms with E-state index < -0.39 is 17.9 Å². The average molecular weight is 349 g/mol. The van der Waals surface area contributed by atoms with Gasteiger partial charge in [-0.1, -0.05) is 0 Å². The van der Waals surface area contributed by atoms with Crippen molar-refractivity contribution in [1.29, 1.82) is 0 Å². The van der Waals surface area contributed by atoms with E-state index in [0.29, 0.717) is 4.88 Å². The number of halogens is 1. The van der Waals surface area contributed by atoms with Crippen LogP contribution < -0.4 is 5.32 Å². The standard InChI is InChI=1S/C11H13BrN2O4S/c1-6(11(17)18)13-9(15)5-14(2)10(16)7-3-4-8(12)19-7/h3-4,6H,5H2,1-2H3,(H,13,15)(H,17,18)/t6-/m1/s1. The first-order valence-electron chi connectivity index (χ1n) is 5.34. The number of aliphatic carboxylic acids is 1. The maximum atomic E-state index is 11.9. The summed E-state index contributed by atoms with van der Waals surface area (Å²) in [5.74, 6) is -1.92. The van der Waals surface area contributed by atoms with Crippen molar-refractivity contribution in [2.24, 2.45) is 0 Å². The number of hydrogen-bond donors (Lipinski definition) is 2. The van der Waals surface area contributed by atoms with Crippen LogP contribution in [0.25, 0.3) is 0 Å². The summed E-state index contributed by atoms with van der Waals surface area (Å²) in [5, 5.41) is 10.9. The topological polar surface area (TPSA) is 86.7 Å². The lowest BCUT2D eigenvalue weighted by Crippen LogP contribution is -2.44. The average Bonchev–Trinajstić information content (AvgIpc) is 2.74. The quantitative estimate of drug-likeness (QED) is 0.836. The number of likely N-dealkylation sites (N-methyl/N-ethyl adjacent to an activating group) is 1. The number of thiophene rings is 1. The zero-order chi connectivity index (χ0) is 14.6. The summed E-state index contributed by atoms with van der Waals surface area (Å²) in [6.07, 6.45) is 0. The Balaban J connectivity index is 2.55. The van der Waals surface area contributed by atoms with E-state index in [1.807, 2.05) is 0 Å². The second-order valence-electron chi connectivity index (χ2n) is 3.89. The molecule has 1 rings (SSSR count). The number of carboxylic acids is 1. The third-order valence-electron chi connectivity index (χ3n) is 2.26. The van der Waals surface area contributed by atoms with E-state index >= 15 is 0 Å². The molecule has 1 aromatic rings.